The van der Waals surface area contributed by atoms with E-state index >= 15 is 0 Å². The van der Waals surface area contributed by atoms with Crippen LogP contribution in [0, 0.1) is 0 Å². The van der Waals surface area contributed by atoms with E-state index in [-0.39, 0.29) is 12.1 Å². The summed E-state index contributed by atoms with van der Waals surface area (Å²) in [4.78, 5) is 10.7. The van der Waals surface area contributed by atoms with E-state index in [2.05, 4.69) is 0 Å². The van der Waals surface area contributed by atoms with Crippen LogP contribution in [-0.4, -0.2) is 25.8 Å². The lowest BCUT2D eigenvalue weighted by molar-refractivity contribution is -0.143. The van der Waals surface area contributed by atoms with Crippen LogP contribution in [-0.2, 0) is 20.9 Å². The maximum atomic E-state index is 10.7. The molecular formula is C15H20O4. The lowest BCUT2D eigenvalue weighted by Crippen LogP contribution is -2.09. The summed E-state index contributed by atoms with van der Waals surface area (Å²) >= 11 is 0. The summed E-state index contributed by atoms with van der Waals surface area (Å²) < 4.78 is 15.5. The van der Waals surface area contributed by atoms with Crippen molar-refractivity contribution in [2.75, 3.05) is 13.7 Å². The first kappa shape index (κ1) is 15.2. The molecule has 1 atom stereocenters. The molecule has 0 amide bonds. The van der Waals surface area contributed by atoms with Gasteiger partial charge in [0, 0.05) is 6.92 Å². The lowest BCUT2D eigenvalue weighted by Gasteiger charge is -2.06. The fourth-order valence-corrected chi connectivity index (χ4v) is 1.51. The van der Waals surface area contributed by atoms with Crippen LogP contribution >= 0.6 is 0 Å². The average molecular weight is 264 g/mol. The van der Waals surface area contributed by atoms with E-state index in [0.717, 1.165) is 11.3 Å². The van der Waals surface area contributed by atoms with Crippen LogP contribution in [0.4, 0.5) is 0 Å². The van der Waals surface area contributed by atoms with Crippen LogP contribution in [0.2, 0.25) is 0 Å². The van der Waals surface area contributed by atoms with Crippen molar-refractivity contribution >= 4 is 5.97 Å². The second-order valence-corrected chi connectivity index (χ2v) is 4.11. The molecule has 0 aliphatic carbocycles. The Bertz CT molecular complexity index is 409. The van der Waals surface area contributed by atoms with Crippen LogP contribution in [0.15, 0.2) is 36.4 Å². The highest BCUT2D eigenvalue weighted by Crippen LogP contribution is 2.11. The summed E-state index contributed by atoms with van der Waals surface area (Å²) in [5, 5.41) is 0. The highest BCUT2D eigenvalue weighted by atomic mass is 16.5. The summed E-state index contributed by atoms with van der Waals surface area (Å²) in [7, 11) is 1.64. The first-order valence-electron chi connectivity index (χ1n) is 6.16. The van der Waals surface area contributed by atoms with Gasteiger partial charge in [-0.2, -0.15) is 0 Å². The molecule has 19 heavy (non-hydrogen) atoms. The van der Waals surface area contributed by atoms with Crippen molar-refractivity contribution in [2.45, 2.75) is 26.6 Å². The zero-order valence-corrected chi connectivity index (χ0v) is 11.6. The zero-order valence-electron chi connectivity index (χ0n) is 11.6. The molecule has 4 heteroatoms. The number of hydrogen-bond acceptors (Lipinski definition) is 4. The topological polar surface area (TPSA) is 44.8 Å². The van der Waals surface area contributed by atoms with Crippen LogP contribution in [0.25, 0.3) is 0 Å². The molecule has 0 saturated heterocycles. The van der Waals surface area contributed by atoms with Crippen molar-refractivity contribution in [1.29, 1.82) is 0 Å². The average Bonchev–Trinajstić information content (AvgIpc) is 2.38. The predicted molar refractivity (Wildman–Crippen MR) is 73.0 cm³/mol. The second-order valence-electron chi connectivity index (χ2n) is 4.11. The molecule has 1 unspecified atom stereocenters. The molecule has 0 aliphatic heterocycles. The minimum absolute atomic E-state index is 0.220. The number of methoxy groups -OCH3 is 1. The van der Waals surface area contributed by atoms with E-state index in [1.165, 1.54) is 6.92 Å². The molecule has 4 nitrogen and oxygen atoms in total. The number of esters is 1. The van der Waals surface area contributed by atoms with Crippen molar-refractivity contribution < 1.29 is 19.0 Å². The SMILES string of the molecule is COc1ccc(COC/C=C\C(C)OC(C)=O)cc1. The molecule has 0 spiro atoms. The maximum Gasteiger partial charge on any atom is 0.303 e. The molecule has 0 heterocycles. The normalized spacial score (nSPS) is 12.4. The number of rotatable bonds is 7. The molecule has 1 aromatic rings. The molecule has 1 rings (SSSR count). The van der Waals surface area contributed by atoms with E-state index in [1.54, 1.807) is 20.1 Å². The Hall–Kier alpha value is -1.81. The van der Waals surface area contributed by atoms with Crippen LogP contribution in [0.5, 0.6) is 5.75 Å². The molecule has 0 bridgehead atoms. The number of ether oxygens (including phenoxy) is 3. The van der Waals surface area contributed by atoms with E-state index in [9.17, 15) is 4.79 Å². The van der Waals surface area contributed by atoms with Gasteiger partial charge in [-0.25, -0.2) is 0 Å². The van der Waals surface area contributed by atoms with E-state index < -0.39 is 0 Å². The van der Waals surface area contributed by atoms with Crippen LogP contribution in [0.3, 0.4) is 0 Å². The van der Waals surface area contributed by atoms with Gasteiger partial charge in [-0.05, 0) is 30.7 Å². The third-order valence-electron chi connectivity index (χ3n) is 2.40. The second kappa shape index (κ2) is 8.32. The largest absolute Gasteiger partial charge is 0.497 e. The highest BCUT2D eigenvalue weighted by molar-refractivity contribution is 5.66. The molecule has 1 aromatic carbocycles. The molecule has 0 fully saturated rings. The quantitative estimate of drug-likeness (QED) is 0.431. The van der Waals surface area contributed by atoms with Crippen molar-refractivity contribution in [2.24, 2.45) is 0 Å². The summed E-state index contributed by atoms with van der Waals surface area (Å²) in [6.07, 6.45) is 3.43. The van der Waals surface area contributed by atoms with Gasteiger partial charge < -0.3 is 14.2 Å². The Morgan fingerprint density at radius 2 is 2.00 bits per heavy atom. The van der Waals surface area contributed by atoms with E-state index in [1.807, 2.05) is 30.3 Å². The van der Waals surface area contributed by atoms with Crippen molar-refractivity contribution in [3.63, 3.8) is 0 Å². The van der Waals surface area contributed by atoms with Gasteiger partial charge in [-0.15, -0.1) is 0 Å². The molecule has 104 valence electrons. The van der Waals surface area contributed by atoms with Gasteiger partial charge in [0.15, 0.2) is 0 Å². The summed E-state index contributed by atoms with van der Waals surface area (Å²) in [6, 6.07) is 7.72. The van der Waals surface area contributed by atoms with Gasteiger partial charge in [0.1, 0.15) is 11.9 Å². The molecule has 0 aliphatic rings. The Kier molecular flexibility index (Phi) is 6.68. The number of carbonyl (C=O) groups excluding carboxylic acids is 1. The van der Waals surface area contributed by atoms with Gasteiger partial charge >= 0.3 is 5.97 Å². The maximum absolute atomic E-state index is 10.7. The van der Waals surface area contributed by atoms with E-state index in [4.69, 9.17) is 14.2 Å². The van der Waals surface area contributed by atoms with Gasteiger partial charge in [0.05, 0.1) is 20.3 Å². The fraction of sp³-hybridized carbons (Fsp3) is 0.400. The molecule has 0 saturated carbocycles. The first-order valence-corrected chi connectivity index (χ1v) is 6.16. The van der Waals surface area contributed by atoms with Crippen LogP contribution in [0.1, 0.15) is 19.4 Å². The standard InChI is InChI=1S/C15H20O4/c1-12(19-13(2)16)5-4-10-18-11-14-6-8-15(17-3)9-7-14/h4-9,12H,10-11H2,1-3H3/b5-4-. The van der Waals surface area contributed by atoms with E-state index in [0.29, 0.717) is 13.2 Å². The first-order chi connectivity index (χ1) is 9.11. The van der Waals surface area contributed by atoms with Crippen molar-refractivity contribution in [1.82, 2.24) is 0 Å². The van der Waals surface area contributed by atoms with Crippen LogP contribution < -0.4 is 4.74 Å². The van der Waals surface area contributed by atoms with Gasteiger partial charge in [-0.1, -0.05) is 18.2 Å². The van der Waals surface area contributed by atoms with Crippen molar-refractivity contribution in [3.8, 4) is 5.75 Å². The highest BCUT2D eigenvalue weighted by Gasteiger charge is 1.99. The zero-order chi connectivity index (χ0) is 14.1. The van der Waals surface area contributed by atoms with Gasteiger partial charge in [0.25, 0.3) is 0 Å². The third-order valence-corrected chi connectivity index (χ3v) is 2.40. The summed E-state index contributed by atoms with van der Waals surface area (Å²) in [5.74, 6) is 0.551. The number of benzene rings is 1. The van der Waals surface area contributed by atoms with Gasteiger partial charge in [-0.3, -0.25) is 4.79 Å². The number of hydrogen-bond donors (Lipinski definition) is 0. The Morgan fingerprint density at radius 3 is 2.58 bits per heavy atom. The monoisotopic (exact) mass is 264 g/mol. The summed E-state index contributed by atoms with van der Waals surface area (Å²) in [5.41, 5.74) is 1.09. The molecule has 0 N–H and O–H groups in total. The Labute approximate surface area is 114 Å². The third kappa shape index (κ3) is 6.62. The predicted octanol–water partition coefficient (Wildman–Crippen LogP) is 2.72. The summed E-state index contributed by atoms with van der Waals surface area (Å²) in [6.45, 7) is 4.22. The molecule has 0 radical (unpaired) electrons. The number of carbonyl (C=O) groups is 1. The molecular weight excluding hydrogens is 244 g/mol. The minimum atomic E-state index is -0.281. The molecule has 0 aromatic heterocycles. The minimum Gasteiger partial charge on any atom is -0.497 e. The fourth-order valence-electron chi connectivity index (χ4n) is 1.51. The smallest absolute Gasteiger partial charge is 0.303 e. The van der Waals surface area contributed by atoms with Gasteiger partial charge in [0.2, 0.25) is 0 Å². The Balaban J connectivity index is 2.22. The Morgan fingerprint density at radius 1 is 1.32 bits per heavy atom. The lowest BCUT2D eigenvalue weighted by atomic mass is 10.2. The van der Waals surface area contributed by atoms with Crippen molar-refractivity contribution in [3.05, 3.63) is 42.0 Å².